The summed E-state index contributed by atoms with van der Waals surface area (Å²) < 4.78 is 6.89. The third-order valence-corrected chi connectivity index (χ3v) is 3.48. The third kappa shape index (κ3) is 3.36. The van der Waals surface area contributed by atoms with Crippen LogP contribution in [0.1, 0.15) is 11.6 Å². The van der Waals surface area contributed by atoms with Crippen molar-refractivity contribution in [3.8, 4) is 0 Å². The molecule has 1 heterocycles. The van der Waals surface area contributed by atoms with Crippen LogP contribution < -0.4 is 5.56 Å². The minimum atomic E-state index is -0.664. The normalized spacial score (nSPS) is 11.9. The molecule has 1 aromatic carbocycles. The van der Waals surface area contributed by atoms with Gasteiger partial charge in [-0.3, -0.25) is 4.79 Å². The summed E-state index contributed by atoms with van der Waals surface area (Å²) >= 11 is 3.24. The molecule has 0 saturated heterocycles. The van der Waals surface area contributed by atoms with Gasteiger partial charge in [0.05, 0.1) is 7.11 Å². The molecule has 4 nitrogen and oxygen atoms in total. The standard InChI is InChI=1S/C15H14BrNO3/c1-20-15(19)13(9-11-5-3-2-4-6-11)17-8-7-12(16)10-14(17)18/h2-8,10,13H,9H2,1H3. The van der Waals surface area contributed by atoms with Gasteiger partial charge in [0, 0.05) is 23.2 Å². The van der Waals surface area contributed by atoms with Crippen molar-refractivity contribution >= 4 is 21.9 Å². The zero-order chi connectivity index (χ0) is 14.5. The average molecular weight is 336 g/mol. The second-order valence-electron chi connectivity index (χ2n) is 4.32. The molecule has 1 unspecified atom stereocenters. The van der Waals surface area contributed by atoms with E-state index in [-0.39, 0.29) is 5.56 Å². The molecule has 0 radical (unpaired) electrons. The van der Waals surface area contributed by atoms with Gasteiger partial charge in [-0.2, -0.15) is 0 Å². The fourth-order valence-electron chi connectivity index (χ4n) is 1.99. The van der Waals surface area contributed by atoms with Crippen molar-refractivity contribution < 1.29 is 9.53 Å². The van der Waals surface area contributed by atoms with Crippen LogP contribution in [-0.4, -0.2) is 17.6 Å². The summed E-state index contributed by atoms with van der Waals surface area (Å²) in [4.78, 5) is 24.0. The molecule has 104 valence electrons. The van der Waals surface area contributed by atoms with Crippen molar-refractivity contribution in [3.63, 3.8) is 0 Å². The van der Waals surface area contributed by atoms with Crippen LogP contribution in [0.15, 0.2) is 57.9 Å². The van der Waals surface area contributed by atoms with Gasteiger partial charge < -0.3 is 9.30 Å². The lowest BCUT2D eigenvalue weighted by molar-refractivity contribution is -0.144. The molecule has 0 aliphatic heterocycles. The van der Waals surface area contributed by atoms with E-state index in [0.717, 1.165) is 5.56 Å². The number of pyridine rings is 1. The number of methoxy groups -OCH3 is 1. The molecule has 0 bridgehead atoms. The quantitative estimate of drug-likeness (QED) is 0.807. The number of nitrogens with zero attached hydrogens (tertiary/aromatic N) is 1. The number of halogens is 1. The predicted molar refractivity (Wildman–Crippen MR) is 79.6 cm³/mol. The largest absolute Gasteiger partial charge is 0.467 e. The molecule has 0 saturated carbocycles. The Morgan fingerprint density at radius 3 is 2.60 bits per heavy atom. The maximum Gasteiger partial charge on any atom is 0.329 e. The molecule has 1 aromatic heterocycles. The number of ether oxygens (including phenoxy) is 1. The number of benzene rings is 1. The van der Waals surface area contributed by atoms with Gasteiger partial charge in [0.2, 0.25) is 0 Å². The van der Waals surface area contributed by atoms with Gasteiger partial charge in [-0.1, -0.05) is 46.3 Å². The first-order chi connectivity index (χ1) is 9.61. The first-order valence-corrected chi connectivity index (χ1v) is 6.90. The second kappa shape index (κ2) is 6.52. The number of aromatic nitrogens is 1. The van der Waals surface area contributed by atoms with Gasteiger partial charge >= 0.3 is 5.97 Å². The van der Waals surface area contributed by atoms with E-state index in [1.165, 1.54) is 17.7 Å². The average Bonchev–Trinajstić information content (AvgIpc) is 2.46. The summed E-state index contributed by atoms with van der Waals surface area (Å²) in [6.07, 6.45) is 2.01. The van der Waals surface area contributed by atoms with E-state index in [1.54, 1.807) is 12.3 Å². The highest BCUT2D eigenvalue weighted by Crippen LogP contribution is 2.15. The summed E-state index contributed by atoms with van der Waals surface area (Å²) in [5, 5.41) is 0. The van der Waals surface area contributed by atoms with Crippen molar-refractivity contribution in [2.75, 3.05) is 7.11 Å². The lowest BCUT2D eigenvalue weighted by Gasteiger charge is -2.17. The number of hydrogen-bond acceptors (Lipinski definition) is 3. The van der Waals surface area contributed by atoms with Crippen LogP contribution in [0, 0.1) is 0 Å². The third-order valence-electron chi connectivity index (χ3n) is 2.99. The van der Waals surface area contributed by atoms with Crippen molar-refractivity contribution in [1.29, 1.82) is 0 Å². The SMILES string of the molecule is COC(=O)C(Cc1ccccc1)n1ccc(Br)cc1=O. The topological polar surface area (TPSA) is 48.3 Å². The second-order valence-corrected chi connectivity index (χ2v) is 5.23. The first-order valence-electron chi connectivity index (χ1n) is 6.11. The Bertz CT molecular complexity index is 652. The molecule has 1 atom stereocenters. The Labute approximate surface area is 125 Å². The summed E-state index contributed by atoms with van der Waals surface area (Å²) in [6, 6.07) is 12.0. The molecule has 0 spiro atoms. The molecule has 0 N–H and O–H groups in total. The van der Waals surface area contributed by atoms with Crippen molar-refractivity contribution in [1.82, 2.24) is 4.57 Å². The van der Waals surface area contributed by atoms with Gasteiger partial charge in [0.25, 0.3) is 5.56 Å². The van der Waals surface area contributed by atoms with Crippen LogP contribution in [-0.2, 0) is 16.0 Å². The van der Waals surface area contributed by atoms with Crippen molar-refractivity contribution in [2.24, 2.45) is 0 Å². The molecule has 0 fully saturated rings. The summed E-state index contributed by atoms with van der Waals surface area (Å²) in [7, 11) is 1.32. The van der Waals surface area contributed by atoms with Crippen LogP contribution in [0.5, 0.6) is 0 Å². The molecule has 0 amide bonds. The van der Waals surface area contributed by atoms with Crippen LogP contribution in [0.2, 0.25) is 0 Å². The van der Waals surface area contributed by atoms with Gasteiger partial charge in [0.1, 0.15) is 6.04 Å². The zero-order valence-corrected chi connectivity index (χ0v) is 12.5. The first kappa shape index (κ1) is 14.5. The lowest BCUT2D eigenvalue weighted by Crippen LogP contribution is -2.31. The Balaban J connectivity index is 2.37. The van der Waals surface area contributed by atoms with Crippen LogP contribution in [0.25, 0.3) is 0 Å². The number of carbonyl (C=O) groups is 1. The summed E-state index contributed by atoms with van der Waals surface area (Å²) in [6.45, 7) is 0. The fourth-order valence-corrected chi connectivity index (χ4v) is 2.31. The monoisotopic (exact) mass is 335 g/mol. The van der Waals surface area contributed by atoms with E-state index in [0.29, 0.717) is 10.9 Å². The number of carbonyl (C=O) groups excluding carboxylic acids is 1. The van der Waals surface area contributed by atoms with Gasteiger partial charge in [0.15, 0.2) is 0 Å². The summed E-state index contributed by atoms with van der Waals surface area (Å²) in [5.74, 6) is -0.432. The Kier molecular flexibility index (Phi) is 4.74. The van der Waals surface area contributed by atoms with Crippen LogP contribution in [0.4, 0.5) is 0 Å². The van der Waals surface area contributed by atoms with Gasteiger partial charge in [-0.25, -0.2) is 4.79 Å². The Morgan fingerprint density at radius 1 is 1.30 bits per heavy atom. The molecule has 0 aliphatic carbocycles. The molecular formula is C15H14BrNO3. The van der Waals surface area contributed by atoms with E-state index >= 15 is 0 Å². The number of rotatable bonds is 4. The number of esters is 1. The van der Waals surface area contributed by atoms with E-state index in [2.05, 4.69) is 15.9 Å². The molecule has 5 heteroatoms. The minimum Gasteiger partial charge on any atom is -0.467 e. The summed E-state index contributed by atoms with van der Waals surface area (Å²) in [5.41, 5.74) is 0.725. The molecular weight excluding hydrogens is 322 g/mol. The molecule has 0 aliphatic rings. The zero-order valence-electron chi connectivity index (χ0n) is 11.0. The predicted octanol–water partition coefficient (Wildman–Crippen LogP) is 2.57. The molecule has 20 heavy (non-hydrogen) atoms. The van der Waals surface area contributed by atoms with Crippen molar-refractivity contribution in [2.45, 2.75) is 12.5 Å². The van der Waals surface area contributed by atoms with E-state index in [9.17, 15) is 9.59 Å². The smallest absolute Gasteiger partial charge is 0.329 e. The van der Waals surface area contributed by atoms with E-state index in [4.69, 9.17) is 4.74 Å². The highest BCUT2D eigenvalue weighted by atomic mass is 79.9. The van der Waals surface area contributed by atoms with Gasteiger partial charge in [-0.15, -0.1) is 0 Å². The van der Waals surface area contributed by atoms with Gasteiger partial charge in [-0.05, 0) is 11.6 Å². The maximum atomic E-state index is 12.0. The fraction of sp³-hybridized carbons (Fsp3) is 0.200. The highest BCUT2D eigenvalue weighted by Gasteiger charge is 2.22. The Hall–Kier alpha value is -1.88. The van der Waals surface area contributed by atoms with E-state index in [1.807, 2.05) is 30.3 Å². The molecule has 2 rings (SSSR count). The number of hydrogen-bond donors (Lipinski definition) is 0. The molecule has 2 aromatic rings. The minimum absolute atomic E-state index is 0.245. The van der Waals surface area contributed by atoms with Crippen LogP contribution in [0.3, 0.4) is 0 Å². The Morgan fingerprint density at radius 2 is 2.00 bits per heavy atom. The maximum absolute atomic E-state index is 12.0. The highest BCUT2D eigenvalue weighted by molar-refractivity contribution is 9.10. The van der Waals surface area contributed by atoms with E-state index < -0.39 is 12.0 Å². The lowest BCUT2D eigenvalue weighted by atomic mass is 10.1. The van der Waals surface area contributed by atoms with Crippen molar-refractivity contribution in [3.05, 3.63) is 69.1 Å². The van der Waals surface area contributed by atoms with Crippen LogP contribution >= 0.6 is 15.9 Å².